The van der Waals surface area contributed by atoms with E-state index >= 15 is 0 Å². The summed E-state index contributed by atoms with van der Waals surface area (Å²) in [4.78, 5) is 4.38. The van der Waals surface area contributed by atoms with Crippen molar-refractivity contribution in [3.05, 3.63) is 40.9 Å². The van der Waals surface area contributed by atoms with Crippen LogP contribution in [0.1, 0.15) is 18.5 Å². The number of hydrogen-bond acceptors (Lipinski definition) is 2. The molecule has 0 radical (unpaired) electrons. The highest BCUT2D eigenvalue weighted by molar-refractivity contribution is 6.30. The quantitative estimate of drug-likeness (QED) is 0.920. The van der Waals surface area contributed by atoms with Crippen molar-refractivity contribution >= 4 is 17.5 Å². The number of aromatic nitrogens is 2. The number of nitrogens with one attached hydrogen (secondary N) is 1. The molecule has 18 heavy (non-hydrogen) atoms. The van der Waals surface area contributed by atoms with Crippen molar-refractivity contribution in [1.29, 1.82) is 0 Å². The molecule has 0 aliphatic heterocycles. The number of benzene rings is 1. The molecule has 1 N–H and O–H groups in total. The van der Waals surface area contributed by atoms with Gasteiger partial charge in [-0.3, -0.25) is 4.57 Å². The number of imidazole rings is 1. The Bertz CT molecular complexity index is 590. The summed E-state index contributed by atoms with van der Waals surface area (Å²) in [6, 6.07) is 5.43. The van der Waals surface area contributed by atoms with Gasteiger partial charge >= 0.3 is 0 Å². The molecule has 3 rings (SSSR count). The summed E-state index contributed by atoms with van der Waals surface area (Å²) in [5.74, 6) is 0.256. The maximum absolute atomic E-state index is 14.0. The van der Waals surface area contributed by atoms with Gasteiger partial charge in [0.1, 0.15) is 0 Å². The second kappa shape index (κ2) is 4.28. The van der Waals surface area contributed by atoms with Gasteiger partial charge in [-0.2, -0.15) is 0 Å². The summed E-state index contributed by atoms with van der Waals surface area (Å²) in [5.41, 5.74) is 1.27. The van der Waals surface area contributed by atoms with E-state index < -0.39 is 5.82 Å². The van der Waals surface area contributed by atoms with E-state index in [9.17, 15) is 4.39 Å². The normalized spacial score (nSPS) is 14.8. The van der Waals surface area contributed by atoms with E-state index in [0.717, 1.165) is 18.5 Å². The van der Waals surface area contributed by atoms with Gasteiger partial charge < -0.3 is 5.32 Å². The first-order chi connectivity index (χ1) is 8.65. The number of anilines is 1. The Labute approximate surface area is 110 Å². The van der Waals surface area contributed by atoms with E-state index in [2.05, 4.69) is 10.3 Å². The van der Waals surface area contributed by atoms with Crippen molar-refractivity contribution in [2.45, 2.75) is 25.8 Å². The van der Waals surface area contributed by atoms with Crippen LogP contribution in [0.2, 0.25) is 5.02 Å². The van der Waals surface area contributed by atoms with Crippen LogP contribution in [0.25, 0.3) is 5.69 Å². The molecule has 2 aromatic rings. The first-order valence-corrected chi connectivity index (χ1v) is 6.30. The number of nitrogens with zero attached hydrogens (tertiary/aromatic N) is 2. The van der Waals surface area contributed by atoms with Crippen LogP contribution in [0.5, 0.6) is 0 Å². The number of halogens is 2. The molecule has 1 fully saturated rings. The van der Waals surface area contributed by atoms with Crippen LogP contribution in [0.3, 0.4) is 0 Å². The Hall–Kier alpha value is -1.55. The van der Waals surface area contributed by atoms with Crippen molar-refractivity contribution in [2.24, 2.45) is 0 Å². The molecule has 1 saturated carbocycles. The highest BCUT2D eigenvalue weighted by atomic mass is 35.5. The zero-order valence-corrected chi connectivity index (χ0v) is 10.7. The summed E-state index contributed by atoms with van der Waals surface area (Å²) in [5, 5.41) is 3.41. The Balaban J connectivity index is 2.06. The third kappa shape index (κ3) is 2.08. The van der Waals surface area contributed by atoms with Crippen molar-refractivity contribution in [3.8, 4) is 5.69 Å². The number of aryl methyl sites for hydroxylation is 1. The van der Waals surface area contributed by atoms with E-state index in [1.807, 2.05) is 6.92 Å². The van der Waals surface area contributed by atoms with Crippen molar-refractivity contribution in [3.63, 3.8) is 0 Å². The fourth-order valence-electron chi connectivity index (χ4n) is 1.87. The van der Waals surface area contributed by atoms with Gasteiger partial charge in [-0.1, -0.05) is 17.7 Å². The molecule has 5 heteroatoms. The molecule has 94 valence electrons. The van der Waals surface area contributed by atoms with Crippen LogP contribution in [0, 0.1) is 12.7 Å². The summed E-state index contributed by atoms with van der Waals surface area (Å²) in [7, 11) is 0. The molecule has 1 aromatic carbocycles. The molecule has 1 aliphatic rings. The predicted molar refractivity (Wildman–Crippen MR) is 69.9 cm³/mol. The third-order valence-corrected chi connectivity index (χ3v) is 3.22. The standard InChI is InChI=1S/C13H13ClFN3/c1-8-7-18(13(16-8)17-9-5-6-9)11-4-2-3-10(14)12(11)15/h2-4,7,9H,5-6H2,1H3,(H,16,17). The third-order valence-electron chi connectivity index (χ3n) is 2.93. The molecule has 0 atom stereocenters. The molecule has 1 aliphatic carbocycles. The average Bonchev–Trinajstić information content (AvgIpc) is 3.06. The van der Waals surface area contributed by atoms with Crippen LogP contribution in [0.4, 0.5) is 10.3 Å². The molecule has 0 bridgehead atoms. The molecule has 0 saturated heterocycles. The Kier molecular flexibility index (Phi) is 2.74. The summed E-state index contributed by atoms with van der Waals surface area (Å²) < 4.78 is 15.7. The zero-order valence-electron chi connectivity index (χ0n) is 9.95. The van der Waals surface area contributed by atoms with E-state index in [4.69, 9.17) is 11.6 Å². The number of hydrogen-bond donors (Lipinski definition) is 1. The van der Waals surface area contributed by atoms with E-state index in [1.165, 1.54) is 6.07 Å². The van der Waals surface area contributed by atoms with Gasteiger partial charge in [-0.05, 0) is 31.9 Å². The summed E-state index contributed by atoms with van der Waals surface area (Å²) >= 11 is 5.81. The van der Waals surface area contributed by atoms with Gasteiger partial charge in [0.2, 0.25) is 5.95 Å². The number of rotatable bonds is 3. The zero-order chi connectivity index (χ0) is 12.7. The maximum Gasteiger partial charge on any atom is 0.208 e. The van der Waals surface area contributed by atoms with Gasteiger partial charge in [0.25, 0.3) is 0 Å². The van der Waals surface area contributed by atoms with Crippen molar-refractivity contribution in [1.82, 2.24) is 9.55 Å². The van der Waals surface area contributed by atoms with Gasteiger partial charge in [-0.15, -0.1) is 0 Å². The van der Waals surface area contributed by atoms with Crippen LogP contribution in [-0.2, 0) is 0 Å². The van der Waals surface area contributed by atoms with Gasteiger partial charge in [0.05, 0.1) is 16.4 Å². The topological polar surface area (TPSA) is 29.9 Å². The predicted octanol–water partition coefficient (Wildman–Crippen LogP) is 3.55. The lowest BCUT2D eigenvalue weighted by Crippen LogP contribution is -2.08. The second-order valence-corrected chi connectivity index (χ2v) is 4.97. The summed E-state index contributed by atoms with van der Waals surface area (Å²) in [6.07, 6.45) is 4.09. The Morgan fingerprint density at radius 1 is 1.44 bits per heavy atom. The molecule has 0 spiro atoms. The molecular formula is C13H13ClFN3. The minimum Gasteiger partial charge on any atom is -0.353 e. The SMILES string of the molecule is Cc1cn(-c2cccc(Cl)c2F)c(NC2CC2)n1. The molecule has 3 nitrogen and oxygen atoms in total. The van der Waals surface area contributed by atoms with Gasteiger partial charge in [-0.25, -0.2) is 9.37 Å². The molecule has 0 amide bonds. The van der Waals surface area contributed by atoms with E-state index in [0.29, 0.717) is 17.7 Å². The van der Waals surface area contributed by atoms with E-state index in [-0.39, 0.29) is 5.02 Å². The van der Waals surface area contributed by atoms with E-state index in [1.54, 1.807) is 22.9 Å². The molecular weight excluding hydrogens is 253 g/mol. The lowest BCUT2D eigenvalue weighted by atomic mass is 10.3. The smallest absolute Gasteiger partial charge is 0.208 e. The minimum absolute atomic E-state index is 0.122. The largest absolute Gasteiger partial charge is 0.353 e. The van der Waals surface area contributed by atoms with Crippen molar-refractivity contribution < 1.29 is 4.39 Å². The summed E-state index contributed by atoms with van der Waals surface area (Å²) in [6.45, 7) is 1.89. The van der Waals surface area contributed by atoms with Crippen LogP contribution in [0.15, 0.2) is 24.4 Å². The highest BCUT2D eigenvalue weighted by Gasteiger charge is 2.24. The van der Waals surface area contributed by atoms with Crippen LogP contribution in [-0.4, -0.2) is 15.6 Å². The molecule has 1 aromatic heterocycles. The highest BCUT2D eigenvalue weighted by Crippen LogP contribution is 2.28. The monoisotopic (exact) mass is 265 g/mol. The Morgan fingerprint density at radius 2 is 2.22 bits per heavy atom. The first kappa shape index (κ1) is 11.5. The lowest BCUT2D eigenvalue weighted by Gasteiger charge is -2.10. The van der Waals surface area contributed by atoms with Gasteiger partial charge in [0, 0.05) is 12.2 Å². The second-order valence-electron chi connectivity index (χ2n) is 4.57. The Morgan fingerprint density at radius 3 is 2.94 bits per heavy atom. The average molecular weight is 266 g/mol. The van der Waals surface area contributed by atoms with Gasteiger partial charge in [0.15, 0.2) is 5.82 Å². The first-order valence-electron chi connectivity index (χ1n) is 5.92. The lowest BCUT2D eigenvalue weighted by molar-refractivity contribution is 0.619. The minimum atomic E-state index is -0.421. The van der Waals surface area contributed by atoms with Crippen LogP contribution < -0.4 is 5.32 Å². The van der Waals surface area contributed by atoms with Crippen molar-refractivity contribution in [2.75, 3.05) is 5.32 Å². The molecule has 0 unspecified atom stereocenters. The fraction of sp³-hybridized carbons (Fsp3) is 0.308. The maximum atomic E-state index is 14.0. The molecule has 1 heterocycles. The van der Waals surface area contributed by atoms with Crippen LogP contribution >= 0.6 is 11.6 Å². The fourth-order valence-corrected chi connectivity index (χ4v) is 2.04.